The zero-order chi connectivity index (χ0) is 8.70. The number of rotatable bonds is 0. The Morgan fingerprint density at radius 1 is 1.36 bits per heavy atom. The normalized spacial score (nSPS) is 33.2. The average molecular weight is 153 g/mol. The highest BCUT2D eigenvalue weighted by atomic mass is 16.5. The molecule has 0 bridgehead atoms. The van der Waals surface area contributed by atoms with Gasteiger partial charge in [0, 0.05) is 0 Å². The minimum atomic E-state index is -0.266. The zero-order valence-corrected chi connectivity index (χ0v) is 7.64. The monoisotopic (exact) mass is 153 g/mol. The lowest BCUT2D eigenvalue weighted by Crippen LogP contribution is -2.28. The summed E-state index contributed by atoms with van der Waals surface area (Å²) in [5.41, 5.74) is -0.387. The van der Waals surface area contributed by atoms with Gasteiger partial charge in [-0.2, -0.15) is 5.26 Å². The average Bonchev–Trinajstić information content (AvgIpc) is 1.99. The van der Waals surface area contributed by atoms with Crippen LogP contribution < -0.4 is 0 Å². The fourth-order valence-corrected chi connectivity index (χ4v) is 1.76. The maximum absolute atomic E-state index is 8.80. The van der Waals surface area contributed by atoms with Crippen LogP contribution in [0.4, 0.5) is 0 Å². The van der Waals surface area contributed by atoms with Crippen molar-refractivity contribution < 1.29 is 4.74 Å². The van der Waals surface area contributed by atoms with Crippen molar-refractivity contribution in [3.63, 3.8) is 0 Å². The standard InChI is InChI=1S/C9H15NO/c1-8(2)5-7(6-10)9(3,4)11-8/h7H,5H2,1-4H3. The molecular formula is C9H15NO. The minimum Gasteiger partial charge on any atom is -0.368 e. The third-order valence-corrected chi connectivity index (χ3v) is 2.23. The number of nitrogens with zero attached hydrogens (tertiary/aromatic N) is 1. The number of nitriles is 1. The Labute approximate surface area is 68.2 Å². The van der Waals surface area contributed by atoms with Crippen LogP contribution in [-0.2, 0) is 4.74 Å². The first kappa shape index (κ1) is 8.55. The van der Waals surface area contributed by atoms with Gasteiger partial charge in [0.05, 0.1) is 23.2 Å². The lowest BCUT2D eigenvalue weighted by Gasteiger charge is -2.24. The fraction of sp³-hybridized carbons (Fsp3) is 0.889. The molecule has 1 fully saturated rings. The second-order valence-electron chi connectivity index (χ2n) is 4.35. The summed E-state index contributed by atoms with van der Waals surface area (Å²) >= 11 is 0. The summed E-state index contributed by atoms with van der Waals surface area (Å²) in [7, 11) is 0. The lowest BCUT2D eigenvalue weighted by molar-refractivity contribution is -0.0700. The Balaban J connectivity index is 2.81. The highest BCUT2D eigenvalue weighted by Gasteiger charge is 2.45. The molecule has 62 valence electrons. The van der Waals surface area contributed by atoms with Gasteiger partial charge in [0.2, 0.25) is 0 Å². The van der Waals surface area contributed by atoms with Crippen molar-refractivity contribution in [1.82, 2.24) is 0 Å². The van der Waals surface area contributed by atoms with E-state index in [2.05, 4.69) is 6.07 Å². The maximum atomic E-state index is 8.80. The van der Waals surface area contributed by atoms with Crippen LogP contribution in [0.5, 0.6) is 0 Å². The Bertz CT molecular complexity index is 200. The second-order valence-corrected chi connectivity index (χ2v) is 4.35. The molecule has 0 radical (unpaired) electrons. The van der Waals surface area contributed by atoms with E-state index in [1.54, 1.807) is 0 Å². The first-order chi connectivity index (χ1) is 4.87. The van der Waals surface area contributed by atoms with Crippen molar-refractivity contribution in [1.29, 1.82) is 5.26 Å². The molecule has 0 spiro atoms. The maximum Gasteiger partial charge on any atom is 0.0792 e. The molecule has 0 aliphatic carbocycles. The number of hydrogen-bond acceptors (Lipinski definition) is 2. The van der Waals surface area contributed by atoms with Gasteiger partial charge in [0.1, 0.15) is 0 Å². The van der Waals surface area contributed by atoms with E-state index in [0.29, 0.717) is 0 Å². The highest BCUT2D eigenvalue weighted by Crippen LogP contribution is 2.41. The fourth-order valence-electron chi connectivity index (χ4n) is 1.76. The molecule has 1 unspecified atom stereocenters. The van der Waals surface area contributed by atoms with E-state index in [-0.39, 0.29) is 17.1 Å². The van der Waals surface area contributed by atoms with Crippen molar-refractivity contribution >= 4 is 0 Å². The summed E-state index contributed by atoms with van der Waals surface area (Å²) in [6.45, 7) is 8.03. The van der Waals surface area contributed by atoms with Crippen molar-refractivity contribution in [3.05, 3.63) is 0 Å². The Morgan fingerprint density at radius 2 is 1.91 bits per heavy atom. The van der Waals surface area contributed by atoms with Gasteiger partial charge < -0.3 is 4.74 Å². The van der Waals surface area contributed by atoms with Gasteiger partial charge in [-0.15, -0.1) is 0 Å². The zero-order valence-electron chi connectivity index (χ0n) is 7.64. The summed E-state index contributed by atoms with van der Waals surface area (Å²) in [4.78, 5) is 0. The van der Waals surface area contributed by atoms with Gasteiger partial charge in [-0.1, -0.05) is 0 Å². The summed E-state index contributed by atoms with van der Waals surface area (Å²) < 4.78 is 5.72. The topological polar surface area (TPSA) is 33.0 Å². The van der Waals surface area contributed by atoms with Crippen LogP contribution >= 0.6 is 0 Å². The summed E-state index contributed by atoms with van der Waals surface area (Å²) in [6, 6.07) is 2.28. The quantitative estimate of drug-likeness (QED) is 0.534. The lowest BCUT2D eigenvalue weighted by atomic mass is 9.89. The van der Waals surface area contributed by atoms with Gasteiger partial charge in [0.25, 0.3) is 0 Å². The van der Waals surface area contributed by atoms with Crippen molar-refractivity contribution in [2.45, 2.75) is 45.3 Å². The second kappa shape index (κ2) is 2.22. The predicted molar refractivity (Wildman–Crippen MR) is 43.0 cm³/mol. The molecule has 1 rings (SSSR count). The molecule has 0 amide bonds. The third kappa shape index (κ3) is 1.54. The van der Waals surface area contributed by atoms with Crippen LogP contribution in [0, 0.1) is 17.2 Å². The molecule has 0 N–H and O–H groups in total. The number of hydrogen-bond donors (Lipinski definition) is 0. The van der Waals surface area contributed by atoms with Gasteiger partial charge >= 0.3 is 0 Å². The summed E-state index contributed by atoms with van der Waals surface area (Å²) in [5, 5.41) is 8.80. The predicted octanol–water partition coefficient (Wildman–Crippen LogP) is 2.10. The Kier molecular flexibility index (Phi) is 1.72. The molecule has 11 heavy (non-hydrogen) atoms. The third-order valence-electron chi connectivity index (χ3n) is 2.23. The van der Waals surface area contributed by atoms with Gasteiger partial charge in [-0.3, -0.25) is 0 Å². The van der Waals surface area contributed by atoms with Crippen LogP contribution in [0.25, 0.3) is 0 Å². The molecule has 0 aromatic heterocycles. The molecule has 1 atom stereocenters. The molecule has 2 nitrogen and oxygen atoms in total. The van der Waals surface area contributed by atoms with E-state index in [1.165, 1.54) is 0 Å². The van der Waals surface area contributed by atoms with E-state index >= 15 is 0 Å². The van der Waals surface area contributed by atoms with E-state index < -0.39 is 0 Å². The Hall–Kier alpha value is -0.550. The van der Waals surface area contributed by atoms with Crippen LogP contribution in [-0.4, -0.2) is 11.2 Å². The summed E-state index contributed by atoms with van der Waals surface area (Å²) in [6.07, 6.45) is 0.844. The number of ether oxygens (including phenoxy) is 1. The first-order valence-corrected chi connectivity index (χ1v) is 3.97. The molecule has 0 aromatic carbocycles. The molecule has 1 aliphatic rings. The smallest absolute Gasteiger partial charge is 0.0792 e. The van der Waals surface area contributed by atoms with Crippen molar-refractivity contribution in [2.75, 3.05) is 0 Å². The van der Waals surface area contributed by atoms with Crippen LogP contribution in [0.3, 0.4) is 0 Å². The molecule has 0 saturated carbocycles. The highest BCUT2D eigenvalue weighted by molar-refractivity contribution is 5.04. The van der Waals surface area contributed by atoms with Gasteiger partial charge in [-0.25, -0.2) is 0 Å². The van der Waals surface area contributed by atoms with E-state index in [4.69, 9.17) is 10.00 Å². The van der Waals surface area contributed by atoms with E-state index in [0.717, 1.165) is 6.42 Å². The molecule has 2 heteroatoms. The summed E-state index contributed by atoms with van der Waals surface area (Å²) in [5.74, 6) is 0.0394. The van der Waals surface area contributed by atoms with Crippen molar-refractivity contribution in [2.24, 2.45) is 5.92 Å². The van der Waals surface area contributed by atoms with Crippen LogP contribution in [0.1, 0.15) is 34.1 Å². The van der Waals surface area contributed by atoms with Gasteiger partial charge in [-0.05, 0) is 34.1 Å². The molecule has 1 aliphatic heterocycles. The van der Waals surface area contributed by atoms with E-state index in [1.807, 2.05) is 27.7 Å². The first-order valence-electron chi connectivity index (χ1n) is 3.97. The Morgan fingerprint density at radius 3 is 2.09 bits per heavy atom. The van der Waals surface area contributed by atoms with Gasteiger partial charge in [0.15, 0.2) is 0 Å². The van der Waals surface area contributed by atoms with E-state index in [9.17, 15) is 0 Å². The van der Waals surface area contributed by atoms with Crippen LogP contribution in [0.15, 0.2) is 0 Å². The SMILES string of the molecule is CC1(C)CC(C#N)C(C)(C)O1. The van der Waals surface area contributed by atoms with Crippen molar-refractivity contribution in [3.8, 4) is 6.07 Å². The molecule has 1 saturated heterocycles. The molecular weight excluding hydrogens is 138 g/mol. The largest absolute Gasteiger partial charge is 0.368 e. The minimum absolute atomic E-state index is 0.0394. The molecule has 1 heterocycles. The van der Waals surface area contributed by atoms with Crippen LogP contribution in [0.2, 0.25) is 0 Å². The molecule has 0 aromatic rings.